The molecule has 1 fully saturated rings. The summed E-state index contributed by atoms with van der Waals surface area (Å²) >= 11 is 12.6. The molecule has 1 N–H and O–H groups in total. The molecule has 0 aliphatic carbocycles. The molecule has 0 spiro atoms. The molecule has 9 heteroatoms. The van der Waals surface area contributed by atoms with Gasteiger partial charge in [0.25, 0.3) is 5.91 Å². The minimum Gasteiger partial charge on any atom is -0.348 e. The molecule has 0 aromatic heterocycles. The lowest BCUT2D eigenvalue weighted by molar-refractivity contribution is 0.0950. The van der Waals surface area contributed by atoms with E-state index in [4.69, 9.17) is 23.2 Å². The Hall–Kier alpha value is -1.95. The van der Waals surface area contributed by atoms with Gasteiger partial charge < -0.3 is 10.2 Å². The smallest absolute Gasteiger partial charge is 0.251 e. The highest BCUT2D eigenvalue weighted by Gasteiger charge is 2.20. The molecule has 1 unspecified atom stereocenters. The predicted octanol–water partition coefficient (Wildman–Crippen LogP) is 3.67. The van der Waals surface area contributed by atoms with Gasteiger partial charge in [0, 0.05) is 71.1 Å². The van der Waals surface area contributed by atoms with Gasteiger partial charge in [-0.25, -0.2) is 0 Å². The second-order valence-corrected chi connectivity index (χ2v) is 10.3. The first-order valence-corrected chi connectivity index (χ1v) is 12.5. The number of nitriles is 1. The number of carbonyl (C=O) groups excluding carboxylic acids is 1. The molecular weight excluding hydrogens is 467 g/mol. The van der Waals surface area contributed by atoms with Crippen LogP contribution in [0.2, 0.25) is 10.0 Å². The van der Waals surface area contributed by atoms with Gasteiger partial charge in [-0.2, -0.15) is 5.26 Å². The number of nitrogens with one attached hydrogen (secondary N) is 1. The van der Waals surface area contributed by atoms with Crippen molar-refractivity contribution in [2.45, 2.75) is 24.9 Å². The van der Waals surface area contributed by atoms with E-state index in [0.717, 1.165) is 31.7 Å². The maximum Gasteiger partial charge on any atom is 0.251 e. The number of carbonyl (C=O) groups is 1. The normalized spacial score (nSPS) is 15.8. The Kier molecular flexibility index (Phi) is 8.69. The Morgan fingerprint density at radius 2 is 1.91 bits per heavy atom. The zero-order valence-electron chi connectivity index (χ0n) is 18.2. The summed E-state index contributed by atoms with van der Waals surface area (Å²) in [5.74, 6) is 0.112. The third kappa shape index (κ3) is 6.09. The molecule has 0 bridgehead atoms. The average Bonchev–Trinajstić information content (AvgIpc) is 2.79. The van der Waals surface area contributed by atoms with E-state index in [1.165, 1.54) is 0 Å². The topological polar surface area (TPSA) is 76.4 Å². The summed E-state index contributed by atoms with van der Waals surface area (Å²) in [6.45, 7) is 6.32. The number of halogens is 2. The fraction of sp³-hybridized carbons (Fsp3) is 0.391. The summed E-state index contributed by atoms with van der Waals surface area (Å²) in [4.78, 5) is 18.0. The van der Waals surface area contributed by atoms with Crippen LogP contribution in [0.15, 0.2) is 35.2 Å². The molecule has 6 nitrogen and oxygen atoms in total. The second-order valence-electron chi connectivity index (χ2n) is 7.74. The van der Waals surface area contributed by atoms with E-state index in [2.05, 4.69) is 28.2 Å². The predicted molar refractivity (Wildman–Crippen MR) is 129 cm³/mol. The molecule has 0 saturated carbocycles. The highest BCUT2D eigenvalue weighted by Crippen LogP contribution is 2.25. The third-order valence-corrected chi connectivity index (χ3v) is 7.51. The first kappa shape index (κ1) is 24.7. The first-order chi connectivity index (χ1) is 15.3. The quantitative estimate of drug-likeness (QED) is 0.637. The van der Waals surface area contributed by atoms with Crippen molar-refractivity contribution in [1.29, 1.82) is 5.26 Å². The van der Waals surface area contributed by atoms with Crippen molar-refractivity contribution in [2.24, 2.45) is 0 Å². The SMILES string of the molecule is CCS(=O)c1ccc(Cl)cc1CNC(=O)c1cc(Cl)c(CN2CCN(C)CC2)c(C#N)c1. The summed E-state index contributed by atoms with van der Waals surface area (Å²) < 4.78 is 12.3. The van der Waals surface area contributed by atoms with Crippen molar-refractivity contribution in [3.8, 4) is 6.07 Å². The Morgan fingerprint density at radius 1 is 1.19 bits per heavy atom. The van der Waals surface area contributed by atoms with Gasteiger partial charge in [-0.3, -0.25) is 13.9 Å². The van der Waals surface area contributed by atoms with E-state index in [0.29, 0.717) is 43.9 Å². The minimum absolute atomic E-state index is 0.170. The van der Waals surface area contributed by atoms with Crippen molar-refractivity contribution in [3.63, 3.8) is 0 Å². The fourth-order valence-corrected chi connectivity index (χ4v) is 5.03. The summed E-state index contributed by atoms with van der Waals surface area (Å²) in [5, 5.41) is 13.4. The average molecular weight is 493 g/mol. The molecule has 32 heavy (non-hydrogen) atoms. The van der Waals surface area contributed by atoms with Gasteiger partial charge in [0.1, 0.15) is 0 Å². The van der Waals surface area contributed by atoms with E-state index in [-0.39, 0.29) is 12.5 Å². The Bertz CT molecular complexity index is 1060. The number of benzene rings is 2. The van der Waals surface area contributed by atoms with E-state index < -0.39 is 10.8 Å². The minimum atomic E-state index is -1.17. The molecule has 1 aliphatic heterocycles. The zero-order chi connectivity index (χ0) is 23.3. The molecule has 1 aliphatic rings. The molecule has 1 saturated heterocycles. The van der Waals surface area contributed by atoms with Crippen molar-refractivity contribution < 1.29 is 9.00 Å². The van der Waals surface area contributed by atoms with Crippen LogP contribution in [0.25, 0.3) is 0 Å². The molecule has 0 radical (unpaired) electrons. The van der Waals surface area contributed by atoms with Crippen LogP contribution in [-0.4, -0.2) is 58.9 Å². The van der Waals surface area contributed by atoms with E-state index >= 15 is 0 Å². The standard InChI is InChI=1S/C23H26Cl2N4O2S/c1-3-32(31)22-5-4-19(24)11-18(22)14-27-23(30)16-10-17(13-26)20(21(25)12-16)15-29-8-6-28(2)7-9-29/h4-5,10-12H,3,6-9,14-15H2,1-2H3,(H,27,30). The Morgan fingerprint density at radius 3 is 2.56 bits per heavy atom. The molecule has 2 aromatic carbocycles. The Balaban J connectivity index is 1.75. The number of amides is 1. The number of hydrogen-bond donors (Lipinski definition) is 1. The molecule has 3 rings (SSSR count). The van der Waals surface area contributed by atoms with Gasteiger partial charge in [0.05, 0.1) is 22.4 Å². The number of nitrogens with zero attached hydrogens (tertiary/aromatic N) is 3. The molecular formula is C23H26Cl2N4O2S. The van der Waals surface area contributed by atoms with Crippen LogP contribution in [0.5, 0.6) is 0 Å². The lowest BCUT2D eigenvalue weighted by Gasteiger charge is -2.32. The van der Waals surface area contributed by atoms with Gasteiger partial charge in [0.15, 0.2) is 0 Å². The number of piperazine rings is 1. The summed E-state index contributed by atoms with van der Waals surface area (Å²) in [5.41, 5.74) is 2.15. The van der Waals surface area contributed by atoms with E-state index in [9.17, 15) is 14.3 Å². The van der Waals surface area contributed by atoms with Gasteiger partial charge >= 0.3 is 0 Å². The number of rotatable bonds is 7. The van der Waals surface area contributed by atoms with Crippen LogP contribution in [-0.2, 0) is 23.9 Å². The van der Waals surface area contributed by atoms with Crippen LogP contribution in [0.4, 0.5) is 0 Å². The summed E-state index contributed by atoms with van der Waals surface area (Å²) in [6, 6.07) is 10.5. The lowest BCUT2D eigenvalue weighted by Crippen LogP contribution is -2.44. The van der Waals surface area contributed by atoms with Gasteiger partial charge in [-0.15, -0.1) is 0 Å². The van der Waals surface area contributed by atoms with Crippen LogP contribution >= 0.6 is 23.2 Å². The molecule has 1 heterocycles. The van der Waals surface area contributed by atoms with E-state index in [1.54, 1.807) is 30.3 Å². The first-order valence-electron chi connectivity index (χ1n) is 10.4. The van der Waals surface area contributed by atoms with Crippen molar-refractivity contribution >= 4 is 39.9 Å². The van der Waals surface area contributed by atoms with Gasteiger partial charge in [-0.1, -0.05) is 30.1 Å². The van der Waals surface area contributed by atoms with E-state index in [1.807, 2.05) is 6.92 Å². The van der Waals surface area contributed by atoms with Crippen molar-refractivity contribution in [1.82, 2.24) is 15.1 Å². The van der Waals surface area contributed by atoms with Crippen molar-refractivity contribution in [3.05, 3.63) is 62.6 Å². The maximum atomic E-state index is 12.8. The van der Waals surface area contributed by atoms with Crippen molar-refractivity contribution in [2.75, 3.05) is 39.0 Å². The maximum absolute atomic E-state index is 12.8. The van der Waals surface area contributed by atoms with Crippen LogP contribution < -0.4 is 5.32 Å². The molecule has 1 amide bonds. The number of hydrogen-bond acceptors (Lipinski definition) is 5. The van der Waals surface area contributed by atoms with Crippen LogP contribution in [0, 0.1) is 11.3 Å². The lowest BCUT2D eigenvalue weighted by atomic mass is 10.0. The fourth-order valence-electron chi connectivity index (χ4n) is 3.60. The molecule has 1 atom stereocenters. The Labute approximate surface area is 201 Å². The van der Waals surface area contributed by atoms with Crippen LogP contribution in [0.3, 0.4) is 0 Å². The van der Waals surface area contributed by atoms with Crippen LogP contribution in [0.1, 0.15) is 34.0 Å². The highest BCUT2D eigenvalue weighted by atomic mass is 35.5. The highest BCUT2D eigenvalue weighted by molar-refractivity contribution is 7.85. The third-order valence-electron chi connectivity index (χ3n) is 5.53. The largest absolute Gasteiger partial charge is 0.348 e. The molecule has 170 valence electrons. The number of likely N-dealkylation sites (N-methyl/N-ethyl adjacent to an activating group) is 1. The zero-order valence-corrected chi connectivity index (χ0v) is 20.5. The second kappa shape index (κ2) is 11.3. The molecule has 2 aromatic rings. The summed E-state index contributed by atoms with van der Waals surface area (Å²) in [7, 11) is 0.919. The van der Waals surface area contributed by atoms with Gasteiger partial charge in [0.2, 0.25) is 0 Å². The van der Waals surface area contributed by atoms with Gasteiger partial charge in [-0.05, 0) is 42.9 Å². The monoisotopic (exact) mass is 492 g/mol. The summed E-state index contributed by atoms with van der Waals surface area (Å²) in [6.07, 6.45) is 0.